The van der Waals surface area contributed by atoms with Gasteiger partial charge in [0.2, 0.25) is 0 Å². The second kappa shape index (κ2) is 7.01. The minimum Gasteiger partial charge on any atom is -0.434 e. The maximum Gasteiger partial charge on any atom is 0.387 e. The fourth-order valence-electron chi connectivity index (χ4n) is 1.46. The van der Waals surface area contributed by atoms with E-state index in [1.54, 1.807) is 24.3 Å². The van der Waals surface area contributed by atoms with Gasteiger partial charge in [-0.3, -0.25) is 0 Å². The van der Waals surface area contributed by atoms with Crippen LogP contribution in [0.5, 0.6) is 5.75 Å². The molecule has 4 heteroatoms. The highest BCUT2D eigenvalue weighted by atomic mass is 19.3. The Morgan fingerprint density at radius 2 is 2.06 bits per heavy atom. The Hall–Kier alpha value is -1.42. The molecule has 0 aliphatic carbocycles. The summed E-state index contributed by atoms with van der Waals surface area (Å²) < 4.78 is 28.8. The fourth-order valence-corrected chi connectivity index (χ4v) is 1.46. The van der Waals surface area contributed by atoms with Gasteiger partial charge in [-0.2, -0.15) is 8.78 Å². The van der Waals surface area contributed by atoms with E-state index in [1.165, 1.54) is 6.07 Å². The molecule has 0 bridgehead atoms. The number of likely N-dealkylation sites (N-methyl/N-ethyl adjacent to an activating group) is 1. The molecule has 0 amide bonds. The zero-order valence-corrected chi connectivity index (χ0v) is 9.99. The predicted molar refractivity (Wildman–Crippen MR) is 65.2 cm³/mol. The molecule has 0 aliphatic heterocycles. The summed E-state index contributed by atoms with van der Waals surface area (Å²) in [6, 6.07) is 6.93. The van der Waals surface area contributed by atoms with Crippen molar-refractivity contribution in [3.8, 4) is 5.75 Å². The quantitative estimate of drug-likeness (QED) is 0.825. The van der Waals surface area contributed by atoms with Crippen LogP contribution in [-0.4, -0.2) is 19.2 Å². The Morgan fingerprint density at radius 3 is 2.71 bits per heavy atom. The molecule has 1 N–H and O–H groups in total. The molecule has 0 aliphatic rings. The van der Waals surface area contributed by atoms with Crippen molar-refractivity contribution in [2.24, 2.45) is 0 Å². The van der Waals surface area contributed by atoms with Gasteiger partial charge in [-0.1, -0.05) is 37.3 Å². The first-order valence-electron chi connectivity index (χ1n) is 5.59. The number of nitrogens with one attached hydrogen (secondary N) is 1. The topological polar surface area (TPSA) is 21.3 Å². The average molecular weight is 241 g/mol. The lowest BCUT2D eigenvalue weighted by Crippen LogP contribution is -2.22. The van der Waals surface area contributed by atoms with Crippen LogP contribution in [0.15, 0.2) is 30.3 Å². The van der Waals surface area contributed by atoms with Gasteiger partial charge in [0.15, 0.2) is 0 Å². The average Bonchev–Trinajstić information content (AvgIpc) is 2.27. The number of para-hydroxylation sites is 1. The van der Waals surface area contributed by atoms with Gasteiger partial charge in [-0.05, 0) is 19.5 Å². The van der Waals surface area contributed by atoms with Crippen LogP contribution in [0.3, 0.4) is 0 Å². The van der Waals surface area contributed by atoms with Gasteiger partial charge in [0.1, 0.15) is 5.75 Å². The van der Waals surface area contributed by atoms with Crippen molar-refractivity contribution in [3.63, 3.8) is 0 Å². The van der Waals surface area contributed by atoms with E-state index in [9.17, 15) is 8.78 Å². The molecule has 1 aromatic rings. The summed E-state index contributed by atoms with van der Waals surface area (Å²) in [6.07, 6.45) is 3.70. The van der Waals surface area contributed by atoms with E-state index in [0.717, 1.165) is 6.54 Å². The van der Waals surface area contributed by atoms with E-state index in [0.29, 0.717) is 5.56 Å². The van der Waals surface area contributed by atoms with E-state index in [4.69, 9.17) is 0 Å². The van der Waals surface area contributed by atoms with Crippen LogP contribution in [0.1, 0.15) is 19.4 Å². The van der Waals surface area contributed by atoms with Gasteiger partial charge in [-0.15, -0.1) is 0 Å². The lowest BCUT2D eigenvalue weighted by molar-refractivity contribution is -0.0499. The molecule has 94 valence electrons. The molecule has 0 fully saturated rings. The van der Waals surface area contributed by atoms with Gasteiger partial charge < -0.3 is 10.1 Å². The Kier molecular flexibility index (Phi) is 5.63. The van der Waals surface area contributed by atoms with Crippen molar-refractivity contribution in [1.82, 2.24) is 5.32 Å². The molecule has 0 radical (unpaired) electrons. The summed E-state index contributed by atoms with van der Waals surface area (Å²) in [6.45, 7) is 2.07. The monoisotopic (exact) mass is 241 g/mol. The van der Waals surface area contributed by atoms with Crippen molar-refractivity contribution in [2.75, 3.05) is 6.54 Å². The van der Waals surface area contributed by atoms with Crippen LogP contribution in [0, 0.1) is 0 Å². The third-order valence-corrected chi connectivity index (χ3v) is 2.23. The predicted octanol–water partition coefficient (Wildman–Crippen LogP) is 3.30. The highest BCUT2D eigenvalue weighted by Crippen LogP contribution is 2.21. The molecule has 0 spiro atoms. The smallest absolute Gasteiger partial charge is 0.387 e. The van der Waals surface area contributed by atoms with E-state index in [2.05, 4.69) is 10.1 Å². The van der Waals surface area contributed by atoms with Crippen LogP contribution >= 0.6 is 0 Å². The van der Waals surface area contributed by atoms with E-state index in [-0.39, 0.29) is 11.8 Å². The highest BCUT2D eigenvalue weighted by molar-refractivity contribution is 5.57. The first-order valence-corrected chi connectivity index (χ1v) is 5.59. The normalized spacial score (nSPS) is 13.2. The van der Waals surface area contributed by atoms with Crippen molar-refractivity contribution >= 4 is 6.08 Å². The maximum atomic E-state index is 12.2. The Labute approximate surface area is 100 Å². The molecule has 1 atom stereocenters. The summed E-state index contributed by atoms with van der Waals surface area (Å²) in [5.41, 5.74) is 0.651. The van der Waals surface area contributed by atoms with Crippen LogP contribution < -0.4 is 10.1 Å². The van der Waals surface area contributed by atoms with Crippen molar-refractivity contribution in [1.29, 1.82) is 0 Å². The summed E-state index contributed by atoms with van der Waals surface area (Å²) in [5, 5.41) is 3.20. The van der Waals surface area contributed by atoms with Crippen molar-refractivity contribution in [3.05, 3.63) is 35.9 Å². The van der Waals surface area contributed by atoms with Gasteiger partial charge >= 0.3 is 6.61 Å². The summed E-state index contributed by atoms with van der Waals surface area (Å²) in [4.78, 5) is 0. The third kappa shape index (κ3) is 4.95. The molecule has 0 saturated heterocycles. The van der Waals surface area contributed by atoms with Crippen LogP contribution in [0.4, 0.5) is 8.78 Å². The number of ether oxygens (including phenoxy) is 1. The number of halogens is 2. The molecular weight excluding hydrogens is 224 g/mol. The zero-order valence-electron chi connectivity index (χ0n) is 9.99. The molecule has 0 aromatic heterocycles. The SMILES string of the molecule is CCNC(C)/C=C/c1ccccc1OC(F)F. The number of hydrogen-bond donors (Lipinski definition) is 1. The number of hydrogen-bond acceptors (Lipinski definition) is 2. The van der Waals surface area contributed by atoms with Gasteiger partial charge in [0.25, 0.3) is 0 Å². The first kappa shape index (κ1) is 13.6. The molecule has 0 saturated carbocycles. The van der Waals surface area contributed by atoms with Gasteiger partial charge in [0, 0.05) is 11.6 Å². The summed E-state index contributed by atoms with van der Waals surface area (Å²) in [5.74, 6) is 0.197. The molecule has 2 nitrogen and oxygen atoms in total. The first-order chi connectivity index (χ1) is 8.13. The lowest BCUT2D eigenvalue weighted by Gasteiger charge is -2.09. The van der Waals surface area contributed by atoms with E-state index >= 15 is 0 Å². The van der Waals surface area contributed by atoms with Crippen LogP contribution in [0.25, 0.3) is 6.08 Å². The molecular formula is C13H17F2NO. The second-order valence-electron chi connectivity index (χ2n) is 3.62. The minimum absolute atomic E-state index is 0.194. The van der Waals surface area contributed by atoms with Gasteiger partial charge in [-0.25, -0.2) is 0 Å². The minimum atomic E-state index is -2.80. The molecule has 17 heavy (non-hydrogen) atoms. The molecule has 1 aromatic carbocycles. The van der Waals surface area contributed by atoms with Crippen LogP contribution in [0.2, 0.25) is 0 Å². The third-order valence-electron chi connectivity index (χ3n) is 2.23. The molecule has 1 rings (SSSR count). The number of benzene rings is 1. The molecule has 1 unspecified atom stereocenters. The second-order valence-corrected chi connectivity index (χ2v) is 3.62. The highest BCUT2D eigenvalue weighted by Gasteiger charge is 2.06. The van der Waals surface area contributed by atoms with Crippen molar-refractivity contribution in [2.45, 2.75) is 26.5 Å². The molecule has 0 heterocycles. The van der Waals surface area contributed by atoms with E-state index in [1.807, 2.05) is 19.9 Å². The fraction of sp³-hybridized carbons (Fsp3) is 0.385. The Balaban J connectivity index is 2.75. The number of alkyl halides is 2. The maximum absolute atomic E-state index is 12.2. The van der Waals surface area contributed by atoms with Gasteiger partial charge in [0.05, 0.1) is 0 Å². The van der Waals surface area contributed by atoms with Crippen LogP contribution in [-0.2, 0) is 0 Å². The summed E-state index contributed by atoms with van der Waals surface area (Å²) >= 11 is 0. The standard InChI is InChI=1S/C13H17F2NO/c1-3-16-10(2)8-9-11-6-4-5-7-12(11)17-13(14)15/h4-10,13,16H,3H2,1-2H3/b9-8+. The lowest BCUT2D eigenvalue weighted by atomic mass is 10.1. The number of rotatable bonds is 6. The Morgan fingerprint density at radius 1 is 1.35 bits per heavy atom. The summed E-state index contributed by atoms with van der Waals surface area (Å²) in [7, 11) is 0. The Bertz CT molecular complexity index is 366. The van der Waals surface area contributed by atoms with E-state index < -0.39 is 6.61 Å². The largest absolute Gasteiger partial charge is 0.434 e. The zero-order chi connectivity index (χ0) is 12.7. The van der Waals surface area contributed by atoms with Crippen molar-refractivity contribution < 1.29 is 13.5 Å².